The third-order valence-corrected chi connectivity index (χ3v) is 9.90. The van der Waals surface area contributed by atoms with Crippen molar-refractivity contribution in [1.82, 2.24) is 4.57 Å². The number of hydrogen-bond acceptors (Lipinski definition) is 2. The van der Waals surface area contributed by atoms with E-state index in [9.17, 15) is 5.26 Å². The number of nitriles is 1. The number of nitrogens with zero attached hydrogens (tertiary/aromatic N) is 4. The van der Waals surface area contributed by atoms with Crippen LogP contribution < -0.4 is 4.90 Å². The maximum absolute atomic E-state index is 10.6. The average molecular weight is 625 g/mol. The molecule has 0 atom stereocenters. The highest BCUT2D eigenvalue weighted by molar-refractivity contribution is 6.10. The average Bonchev–Trinajstić information content (AvgIpc) is 3.51. The van der Waals surface area contributed by atoms with Gasteiger partial charge in [-0.05, 0) is 58.7 Å². The van der Waals surface area contributed by atoms with Crippen LogP contribution in [0.1, 0.15) is 27.8 Å². The Hall–Kier alpha value is -6.88. The number of anilines is 3. The largest absolute Gasteiger partial charge is 0.319 e. The second-order valence-corrected chi connectivity index (χ2v) is 12.3. The lowest BCUT2D eigenvalue weighted by molar-refractivity contribution is 0.731. The Morgan fingerprint density at radius 2 is 1.00 bits per heavy atom. The summed E-state index contributed by atoms with van der Waals surface area (Å²) in [5.41, 5.74) is 10.2. The van der Waals surface area contributed by atoms with E-state index in [2.05, 4.69) is 160 Å². The van der Waals surface area contributed by atoms with Gasteiger partial charge in [-0.25, -0.2) is 4.85 Å². The first-order chi connectivity index (χ1) is 24.3. The lowest BCUT2D eigenvalue weighted by atomic mass is 9.62. The fourth-order valence-electron chi connectivity index (χ4n) is 7.98. The molecule has 7 aromatic carbocycles. The molecule has 0 bridgehead atoms. The van der Waals surface area contributed by atoms with Crippen molar-refractivity contribution in [3.8, 4) is 11.8 Å². The van der Waals surface area contributed by atoms with Crippen molar-refractivity contribution < 1.29 is 0 Å². The fourth-order valence-corrected chi connectivity index (χ4v) is 7.98. The highest BCUT2D eigenvalue weighted by Crippen LogP contribution is 2.58. The molecule has 1 aliphatic heterocycles. The van der Waals surface area contributed by atoms with E-state index >= 15 is 0 Å². The first-order valence-electron chi connectivity index (χ1n) is 16.3. The molecule has 9 rings (SSSR count). The minimum Gasteiger partial charge on any atom is -0.319 e. The maximum Gasteiger partial charge on any atom is 0.228 e. The van der Waals surface area contributed by atoms with Crippen molar-refractivity contribution in [1.29, 1.82) is 5.26 Å². The summed E-state index contributed by atoms with van der Waals surface area (Å²) < 4.78 is 2.14. The first-order valence-corrected chi connectivity index (χ1v) is 16.3. The van der Waals surface area contributed by atoms with E-state index in [-0.39, 0.29) is 0 Å². The zero-order valence-electron chi connectivity index (χ0n) is 26.5. The molecule has 1 aliphatic rings. The highest BCUT2D eigenvalue weighted by atomic mass is 15.2. The van der Waals surface area contributed by atoms with Gasteiger partial charge >= 0.3 is 0 Å². The summed E-state index contributed by atoms with van der Waals surface area (Å²) in [6.45, 7) is 8.29. The summed E-state index contributed by atoms with van der Waals surface area (Å²) in [7, 11) is 0. The standard InChI is InChI=1S/C45H28N4/c1-47-44-31(30-46)28-34(29-43(44)49-39-24-12-8-20-35(39)36-21-9-13-25-40(36)49)48-41-26-14-10-22-37(41)45(32-16-4-2-5-17-32,33-18-6-3-7-19-33)38-23-11-15-27-42(38)48/h2-29H. The zero-order valence-corrected chi connectivity index (χ0v) is 26.5. The Kier molecular flexibility index (Phi) is 6.44. The smallest absolute Gasteiger partial charge is 0.228 e. The van der Waals surface area contributed by atoms with Gasteiger partial charge in [-0.15, -0.1) is 0 Å². The minimum absolute atomic E-state index is 0.333. The van der Waals surface area contributed by atoms with Gasteiger partial charge in [0.1, 0.15) is 0 Å². The Balaban J connectivity index is 1.39. The predicted octanol–water partition coefficient (Wildman–Crippen LogP) is 11.4. The molecule has 1 aromatic heterocycles. The Morgan fingerprint density at radius 3 is 1.51 bits per heavy atom. The van der Waals surface area contributed by atoms with Crippen molar-refractivity contribution in [3.63, 3.8) is 0 Å². The van der Waals surface area contributed by atoms with Gasteiger partial charge in [0.2, 0.25) is 5.69 Å². The topological polar surface area (TPSA) is 36.3 Å². The molecule has 4 nitrogen and oxygen atoms in total. The van der Waals surface area contributed by atoms with Crippen LogP contribution in [0.3, 0.4) is 0 Å². The Bertz CT molecular complexity index is 2500. The molecule has 0 unspecified atom stereocenters. The van der Waals surface area contributed by atoms with Crippen LogP contribution in [-0.2, 0) is 5.41 Å². The number of aromatic nitrogens is 1. The van der Waals surface area contributed by atoms with Crippen LogP contribution in [0.4, 0.5) is 22.7 Å². The van der Waals surface area contributed by atoms with Crippen molar-refractivity contribution >= 4 is 44.6 Å². The minimum atomic E-state index is -0.601. The van der Waals surface area contributed by atoms with E-state index in [0.29, 0.717) is 16.9 Å². The second-order valence-electron chi connectivity index (χ2n) is 12.3. The summed E-state index contributed by atoms with van der Waals surface area (Å²) in [6.07, 6.45) is 0. The van der Waals surface area contributed by atoms with Crippen LogP contribution >= 0.6 is 0 Å². The monoisotopic (exact) mass is 624 g/mol. The van der Waals surface area contributed by atoms with Crippen LogP contribution in [0.2, 0.25) is 0 Å². The third-order valence-electron chi connectivity index (χ3n) is 9.90. The third kappa shape index (κ3) is 4.02. The second kappa shape index (κ2) is 11.1. The first kappa shape index (κ1) is 28.4. The molecule has 0 fully saturated rings. The summed E-state index contributed by atoms with van der Waals surface area (Å²) in [6, 6.07) is 61.5. The number of fused-ring (bicyclic) bond motifs is 5. The van der Waals surface area contributed by atoms with Crippen molar-refractivity contribution in [2.75, 3.05) is 4.90 Å². The molecule has 0 aliphatic carbocycles. The molecular weight excluding hydrogens is 597 g/mol. The number of hydrogen-bond donors (Lipinski definition) is 0. The van der Waals surface area contributed by atoms with Crippen LogP contribution in [0.5, 0.6) is 0 Å². The molecule has 0 radical (unpaired) electrons. The predicted molar refractivity (Wildman–Crippen MR) is 198 cm³/mol. The van der Waals surface area contributed by atoms with E-state index in [4.69, 9.17) is 6.57 Å². The van der Waals surface area contributed by atoms with Gasteiger partial charge in [0, 0.05) is 16.5 Å². The zero-order chi connectivity index (χ0) is 33.0. The molecule has 228 valence electrons. The van der Waals surface area contributed by atoms with E-state index in [1.165, 1.54) is 11.1 Å². The van der Waals surface area contributed by atoms with E-state index in [0.717, 1.165) is 50.0 Å². The van der Waals surface area contributed by atoms with Crippen LogP contribution in [0, 0.1) is 17.9 Å². The van der Waals surface area contributed by atoms with E-state index < -0.39 is 5.41 Å². The molecule has 0 amide bonds. The van der Waals surface area contributed by atoms with Gasteiger partial charge in [-0.3, -0.25) is 0 Å². The van der Waals surface area contributed by atoms with Crippen molar-refractivity contribution in [2.45, 2.75) is 5.41 Å². The van der Waals surface area contributed by atoms with Gasteiger partial charge in [0.25, 0.3) is 0 Å². The molecule has 2 heterocycles. The summed E-state index contributed by atoms with van der Waals surface area (Å²) >= 11 is 0. The Labute approximate surface area is 284 Å². The van der Waals surface area contributed by atoms with Gasteiger partial charge in [0.15, 0.2) is 0 Å². The van der Waals surface area contributed by atoms with Crippen LogP contribution in [0.25, 0.3) is 32.3 Å². The maximum atomic E-state index is 10.6. The van der Waals surface area contributed by atoms with E-state index in [1.807, 2.05) is 30.3 Å². The van der Waals surface area contributed by atoms with Crippen molar-refractivity contribution in [3.05, 3.63) is 209 Å². The molecule has 4 heteroatoms. The van der Waals surface area contributed by atoms with Crippen LogP contribution in [-0.4, -0.2) is 4.57 Å². The number of rotatable bonds is 4. The van der Waals surface area contributed by atoms with Gasteiger partial charge in [-0.1, -0.05) is 133 Å². The van der Waals surface area contributed by atoms with Crippen LogP contribution in [0.15, 0.2) is 170 Å². The summed E-state index contributed by atoms with van der Waals surface area (Å²) in [5, 5.41) is 12.8. The van der Waals surface area contributed by atoms with Gasteiger partial charge < -0.3 is 9.47 Å². The molecule has 0 spiro atoms. The lowest BCUT2D eigenvalue weighted by Gasteiger charge is -2.46. The molecule has 8 aromatic rings. The van der Waals surface area contributed by atoms with E-state index in [1.54, 1.807) is 0 Å². The number of para-hydroxylation sites is 4. The lowest BCUT2D eigenvalue weighted by Crippen LogP contribution is -2.37. The van der Waals surface area contributed by atoms with Crippen molar-refractivity contribution in [2.24, 2.45) is 0 Å². The quantitative estimate of drug-likeness (QED) is 0.183. The Morgan fingerprint density at radius 1 is 0.531 bits per heavy atom. The molecule has 0 N–H and O–H groups in total. The molecule has 0 saturated carbocycles. The fraction of sp³-hybridized carbons (Fsp3) is 0.0222. The number of benzene rings is 7. The molecule has 0 saturated heterocycles. The molecular formula is C45H28N4. The van der Waals surface area contributed by atoms with Gasteiger partial charge in [0.05, 0.1) is 51.7 Å². The van der Waals surface area contributed by atoms with Gasteiger partial charge in [-0.2, -0.15) is 5.26 Å². The molecule has 49 heavy (non-hydrogen) atoms. The highest BCUT2D eigenvalue weighted by Gasteiger charge is 2.46. The summed E-state index contributed by atoms with van der Waals surface area (Å²) in [5.74, 6) is 0. The summed E-state index contributed by atoms with van der Waals surface area (Å²) in [4.78, 5) is 6.24. The SMILES string of the molecule is [C-]#[N+]c1c(C#N)cc(N2c3ccccc3C(c3ccccc3)(c3ccccc3)c3ccccc32)cc1-n1c2ccccc2c2ccccc21. The normalized spacial score (nSPS) is 13.0.